The largest absolute Gasteiger partial charge is 0.356 e. The van der Waals surface area contributed by atoms with Crippen LogP contribution >= 0.6 is 0 Å². The van der Waals surface area contributed by atoms with Crippen molar-refractivity contribution in [2.45, 2.75) is 32.4 Å². The third-order valence-electron chi connectivity index (χ3n) is 5.27. The van der Waals surface area contributed by atoms with Gasteiger partial charge in [0, 0.05) is 37.0 Å². The molecule has 152 valence electrons. The highest BCUT2D eigenvalue weighted by Crippen LogP contribution is 2.20. The molecule has 0 unspecified atom stereocenters. The quantitative estimate of drug-likeness (QED) is 0.590. The van der Waals surface area contributed by atoms with Crippen molar-refractivity contribution in [2.75, 3.05) is 19.6 Å². The van der Waals surface area contributed by atoms with E-state index in [-0.39, 0.29) is 11.8 Å². The van der Waals surface area contributed by atoms with E-state index < -0.39 is 0 Å². The summed E-state index contributed by atoms with van der Waals surface area (Å²) in [6, 6.07) is 9.81. The van der Waals surface area contributed by atoms with E-state index in [1.165, 1.54) is 0 Å². The summed E-state index contributed by atoms with van der Waals surface area (Å²) < 4.78 is 7.42. The number of imidazole rings is 1. The van der Waals surface area contributed by atoms with Crippen molar-refractivity contribution in [3.05, 3.63) is 54.9 Å². The molecule has 0 spiro atoms. The highest BCUT2D eigenvalue weighted by molar-refractivity contribution is 5.78. The van der Waals surface area contributed by atoms with Gasteiger partial charge in [0.1, 0.15) is 0 Å². The lowest BCUT2D eigenvalue weighted by molar-refractivity contribution is -0.126. The molecule has 1 saturated heterocycles. The van der Waals surface area contributed by atoms with Gasteiger partial charge in [-0.3, -0.25) is 9.69 Å². The second-order valence-electron chi connectivity index (χ2n) is 7.37. The van der Waals surface area contributed by atoms with Crippen LogP contribution in [0.25, 0.3) is 11.4 Å². The second kappa shape index (κ2) is 9.47. The number of carbonyl (C=O) groups is 1. The summed E-state index contributed by atoms with van der Waals surface area (Å²) in [5.41, 5.74) is 0.950. The average molecular weight is 394 g/mol. The lowest BCUT2D eigenvalue weighted by Crippen LogP contribution is -2.40. The number of likely N-dealkylation sites (tertiary alicyclic amines) is 1. The SMILES string of the molecule is O=C(NCCCn1ccnc1)C1CCN(Cc2nc(-c3ccccc3)no2)CC1. The number of aryl methyl sites for hydroxylation is 1. The molecule has 4 rings (SSSR count). The first-order valence-electron chi connectivity index (χ1n) is 10.1. The number of nitrogens with zero attached hydrogens (tertiary/aromatic N) is 5. The zero-order valence-electron chi connectivity index (χ0n) is 16.4. The van der Waals surface area contributed by atoms with Crippen LogP contribution in [0.1, 0.15) is 25.2 Å². The Morgan fingerprint density at radius 3 is 2.79 bits per heavy atom. The van der Waals surface area contributed by atoms with Gasteiger partial charge < -0.3 is 14.4 Å². The van der Waals surface area contributed by atoms with Crippen molar-refractivity contribution < 1.29 is 9.32 Å². The fourth-order valence-corrected chi connectivity index (χ4v) is 3.60. The number of benzene rings is 1. The average Bonchev–Trinajstić information content (AvgIpc) is 3.44. The van der Waals surface area contributed by atoms with Gasteiger partial charge in [0.25, 0.3) is 0 Å². The monoisotopic (exact) mass is 394 g/mol. The number of hydrogen-bond acceptors (Lipinski definition) is 6. The summed E-state index contributed by atoms with van der Waals surface area (Å²) in [6.45, 7) is 3.90. The minimum absolute atomic E-state index is 0.0852. The second-order valence-corrected chi connectivity index (χ2v) is 7.37. The van der Waals surface area contributed by atoms with Gasteiger partial charge in [0.05, 0.1) is 12.9 Å². The Balaban J connectivity index is 1.17. The Labute approximate surface area is 169 Å². The summed E-state index contributed by atoms with van der Waals surface area (Å²) in [6.07, 6.45) is 8.11. The zero-order chi connectivity index (χ0) is 19.9. The fraction of sp³-hybridized carbons (Fsp3) is 0.429. The van der Waals surface area contributed by atoms with Crippen molar-refractivity contribution >= 4 is 5.91 Å². The van der Waals surface area contributed by atoms with Crippen molar-refractivity contribution in [1.29, 1.82) is 0 Å². The zero-order valence-corrected chi connectivity index (χ0v) is 16.4. The maximum atomic E-state index is 12.4. The molecule has 0 radical (unpaired) electrons. The Morgan fingerprint density at radius 1 is 1.21 bits per heavy atom. The molecule has 0 bridgehead atoms. The maximum absolute atomic E-state index is 12.4. The molecule has 8 heteroatoms. The predicted octanol–water partition coefficient (Wildman–Crippen LogP) is 2.35. The Kier molecular flexibility index (Phi) is 6.31. The highest BCUT2D eigenvalue weighted by atomic mass is 16.5. The molecule has 2 aromatic heterocycles. The molecular weight excluding hydrogens is 368 g/mol. The van der Waals surface area contributed by atoms with Crippen LogP contribution < -0.4 is 5.32 Å². The van der Waals surface area contributed by atoms with E-state index in [4.69, 9.17) is 4.52 Å². The number of aromatic nitrogens is 4. The number of hydrogen-bond donors (Lipinski definition) is 1. The number of nitrogens with one attached hydrogen (secondary N) is 1. The van der Waals surface area contributed by atoms with E-state index in [2.05, 4.69) is 25.3 Å². The maximum Gasteiger partial charge on any atom is 0.241 e. The van der Waals surface area contributed by atoms with Crippen molar-refractivity contribution in [3.8, 4) is 11.4 Å². The normalized spacial score (nSPS) is 15.4. The van der Waals surface area contributed by atoms with Crippen LogP contribution in [0.4, 0.5) is 0 Å². The van der Waals surface area contributed by atoms with Gasteiger partial charge in [-0.2, -0.15) is 4.98 Å². The third-order valence-corrected chi connectivity index (χ3v) is 5.27. The molecule has 1 amide bonds. The first-order chi connectivity index (χ1) is 14.3. The Morgan fingerprint density at radius 2 is 2.03 bits per heavy atom. The fourth-order valence-electron chi connectivity index (χ4n) is 3.60. The van der Waals surface area contributed by atoms with Gasteiger partial charge in [-0.25, -0.2) is 4.98 Å². The first-order valence-corrected chi connectivity index (χ1v) is 10.1. The minimum Gasteiger partial charge on any atom is -0.356 e. The molecule has 3 heterocycles. The standard InChI is InChI=1S/C21H26N6O2/c28-21(23-9-4-11-27-14-10-22-16-27)18-7-12-26(13-8-18)15-19-24-20(25-29-19)17-5-2-1-3-6-17/h1-3,5-6,10,14,16,18H,4,7-9,11-13,15H2,(H,23,28). The van der Waals surface area contributed by atoms with Gasteiger partial charge in [0.2, 0.25) is 17.6 Å². The molecule has 0 atom stereocenters. The summed E-state index contributed by atoms with van der Waals surface area (Å²) >= 11 is 0. The highest BCUT2D eigenvalue weighted by Gasteiger charge is 2.25. The van der Waals surface area contributed by atoms with E-state index in [1.54, 1.807) is 12.5 Å². The van der Waals surface area contributed by atoms with Crippen LogP contribution in [0, 0.1) is 5.92 Å². The van der Waals surface area contributed by atoms with Crippen molar-refractivity contribution in [2.24, 2.45) is 5.92 Å². The van der Waals surface area contributed by atoms with Crippen LogP contribution in [-0.2, 0) is 17.9 Å². The number of carbonyl (C=O) groups excluding carboxylic acids is 1. The first kappa shape index (κ1) is 19.3. The Bertz CT molecular complexity index is 885. The lowest BCUT2D eigenvalue weighted by atomic mass is 9.96. The lowest BCUT2D eigenvalue weighted by Gasteiger charge is -2.30. The minimum atomic E-state index is 0.0852. The van der Waals surface area contributed by atoms with Crippen LogP contribution in [0.5, 0.6) is 0 Å². The number of piperidine rings is 1. The third kappa shape index (κ3) is 5.29. The van der Waals surface area contributed by atoms with Crippen molar-refractivity contribution in [3.63, 3.8) is 0 Å². The topological polar surface area (TPSA) is 89.1 Å². The van der Waals surface area contributed by atoms with E-state index >= 15 is 0 Å². The smallest absolute Gasteiger partial charge is 0.241 e. The molecule has 3 aromatic rings. The van der Waals surface area contributed by atoms with E-state index in [1.807, 2.05) is 41.1 Å². The number of rotatable bonds is 8. The molecule has 1 aliphatic heterocycles. The molecule has 1 aromatic carbocycles. The summed E-state index contributed by atoms with van der Waals surface area (Å²) in [5, 5.41) is 7.14. The van der Waals surface area contributed by atoms with E-state index in [0.717, 1.165) is 44.5 Å². The summed E-state index contributed by atoms with van der Waals surface area (Å²) in [7, 11) is 0. The Hall–Kier alpha value is -3.00. The summed E-state index contributed by atoms with van der Waals surface area (Å²) in [5.74, 6) is 1.48. The van der Waals surface area contributed by atoms with Gasteiger partial charge in [0.15, 0.2) is 0 Å². The van der Waals surface area contributed by atoms with Gasteiger partial charge in [-0.15, -0.1) is 0 Å². The molecule has 29 heavy (non-hydrogen) atoms. The van der Waals surface area contributed by atoms with Gasteiger partial charge in [-0.05, 0) is 32.4 Å². The molecule has 1 aliphatic rings. The van der Waals surface area contributed by atoms with Crippen LogP contribution in [0.15, 0.2) is 53.6 Å². The van der Waals surface area contributed by atoms with Crippen LogP contribution in [0.2, 0.25) is 0 Å². The summed E-state index contributed by atoms with van der Waals surface area (Å²) in [4.78, 5) is 23.2. The van der Waals surface area contributed by atoms with Crippen LogP contribution in [0.3, 0.4) is 0 Å². The molecule has 0 aliphatic carbocycles. The van der Waals surface area contributed by atoms with E-state index in [9.17, 15) is 4.79 Å². The van der Waals surface area contributed by atoms with Gasteiger partial charge in [-0.1, -0.05) is 35.5 Å². The molecule has 0 saturated carbocycles. The predicted molar refractivity (Wildman–Crippen MR) is 108 cm³/mol. The van der Waals surface area contributed by atoms with Gasteiger partial charge >= 0.3 is 0 Å². The molecule has 1 fully saturated rings. The van der Waals surface area contributed by atoms with Crippen LogP contribution in [-0.4, -0.2) is 50.1 Å². The molecular formula is C21H26N6O2. The van der Waals surface area contributed by atoms with Crippen molar-refractivity contribution in [1.82, 2.24) is 29.9 Å². The number of amides is 1. The molecule has 1 N–H and O–H groups in total. The molecule has 8 nitrogen and oxygen atoms in total. The van der Waals surface area contributed by atoms with E-state index in [0.29, 0.717) is 24.8 Å².